The molecule has 0 aromatic heterocycles. The van der Waals surface area contributed by atoms with Gasteiger partial charge in [-0.1, -0.05) is 6.92 Å². The number of carbonyl (C=O) groups is 1. The Hall–Kier alpha value is -1.44. The Morgan fingerprint density at radius 1 is 1.33 bits per heavy atom. The lowest BCUT2D eigenvalue weighted by Gasteiger charge is -2.43. The molecule has 1 aromatic carbocycles. The summed E-state index contributed by atoms with van der Waals surface area (Å²) >= 11 is 0. The van der Waals surface area contributed by atoms with Crippen LogP contribution >= 0.6 is 0 Å². The summed E-state index contributed by atoms with van der Waals surface area (Å²) in [5.74, 6) is -0.453. The highest BCUT2D eigenvalue weighted by Crippen LogP contribution is 2.24. The van der Waals surface area contributed by atoms with Gasteiger partial charge in [0, 0.05) is 18.6 Å². The number of piperidine rings is 1. The Balaban J connectivity index is 2.04. The highest BCUT2D eigenvalue weighted by molar-refractivity contribution is 7.89. The first-order valence-electron chi connectivity index (χ1n) is 8.20. The summed E-state index contributed by atoms with van der Waals surface area (Å²) in [4.78, 5) is 13.3. The number of benzene rings is 1. The Bertz CT molecular complexity index is 683. The van der Waals surface area contributed by atoms with Gasteiger partial charge in [0.15, 0.2) is 0 Å². The summed E-state index contributed by atoms with van der Waals surface area (Å²) < 4.78 is 27.5. The molecule has 1 aromatic rings. The lowest BCUT2D eigenvalue weighted by atomic mass is 9.94. The molecule has 0 bridgehead atoms. The van der Waals surface area contributed by atoms with Crippen LogP contribution < -0.4 is 4.72 Å². The van der Waals surface area contributed by atoms with Crippen LogP contribution in [0.1, 0.15) is 44.0 Å². The number of likely N-dealkylation sites (tertiary alicyclic amines) is 1. The second-order valence-corrected chi connectivity index (χ2v) is 8.93. The average molecular weight is 354 g/mol. The highest BCUT2D eigenvalue weighted by Gasteiger charge is 2.31. The van der Waals surface area contributed by atoms with Crippen LogP contribution in [-0.2, 0) is 10.0 Å². The molecule has 24 heavy (non-hydrogen) atoms. The number of nitrogens with one attached hydrogen (secondary N) is 1. The molecule has 1 aliphatic rings. The first-order chi connectivity index (χ1) is 11.1. The van der Waals surface area contributed by atoms with E-state index in [1.165, 1.54) is 30.7 Å². The molecule has 7 heteroatoms. The highest BCUT2D eigenvalue weighted by atomic mass is 32.2. The quantitative estimate of drug-likeness (QED) is 0.818. The van der Waals surface area contributed by atoms with E-state index in [0.29, 0.717) is 12.5 Å². The second-order valence-electron chi connectivity index (χ2n) is 7.16. The molecule has 134 valence electrons. The molecule has 1 atom stereocenters. The molecular weight excluding hydrogens is 328 g/mol. The minimum absolute atomic E-state index is 0.0663. The summed E-state index contributed by atoms with van der Waals surface area (Å²) in [5.41, 5.74) is -0.209. The lowest BCUT2D eigenvalue weighted by molar-refractivity contribution is 0.0696. The van der Waals surface area contributed by atoms with Gasteiger partial charge >= 0.3 is 5.97 Å². The molecule has 0 radical (unpaired) electrons. The fourth-order valence-corrected chi connectivity index (χ4v) is 4.19. The van der Waals surface area contributed by atoms with Crippen LogP contribution in [0.5, 0.6) is 0 Å². The second kappa shape index (κ2) is 7.21. The third-order valence-corrected chi connectivity index (χ3v) is 6.04. The number of hydrogen-bond acceptors (Lipinski definition) is 4. The van der Waals surface area contributed by atoms with Crippen molar-refractivity contribution in [3.8, 4) is 0 Å². The number of carboxylic acid groups (broad SMARTS) is 1. The number of carboxylic acids is 1. The monoisotopic (exact) mass is 354 g/mol. The van der Waals surface area contributed by atoms with E-state index in [1.54, 1.807) is 0 Å². The van der Waals surface area contributed by atoms with E-state index in [0.717, 1.165) is 19.5 Å². The molecular formula is C17H26N2O4S. The van der Waals surface area contributed by atoms with Crippen LogP contribution in [0.25, 0.3) is 0 Å². The van der Waals surface area contributed by atoms with Crippen LogP contribution in [0.15, 0.2) is 29.2 Å². The van der Waals surface area contributed by atoms with Crippen molar-refractivity contribution in [1.82, 2.24) is 9.62 Å². The lowest BCUT2D eigenvalue weighted by Crippen LogP contribution is -2.54. The van der Waals surface area contributed by atoms with Crippen molar-refractivity contribution in [3.05, 3.63) is 29.8 Å². The van der Waals surface area contributed by atoms with Crippen molar-refractivity contribution >= 4 is 16.0 Å². The molecule has 6 nitrogen and oxygen atoms in total. The van der Waals surface area contributed by atoms with Gasteiger partial charge in [0.25, 0.3) is 0 Å². The zero-order valence-corrected chi connectivity index (χ0v) is 15.3. The minimum atomic E-state index is -3.66. The summed E-state index contributed by atoms with van der Waals surface area (Å²) in [6, 6.07) is 5.24. The number of nitrogens with zero attached hydrogens (tertiary/aromatic N) is 1. The molecule has 0 aliphatic carbocycles. The zero-order valence-electron chi connectivity index (χ0n) is 14.4. The van der Waals surface area contributed by atoms with Gasteiger partial charge in [-0.05, 0) is 63.4 Å². The molecule has 2 N–H and O–H groups in total. The standard InChI is InChI=1S/C17H26N2O4S/c1-13-5-4-10-19(11-13)17(2,3)12-18-24(22,23)15-8-6-14(7-9-15)16(20)21/h6-9,13,18H,4-5,10-12H2,1-3H3,(H,20,21)/t13-/m1/s1. The topological polar surface area (TPSA) is 86.7 Å². The number of rotatable bonds is 6. The maximum atomic E-state index is 12.4. The maximum absolute atomic E-state index is 12.4. The van der Waals surface area contributed by atoms with Gasteiger partial charge in [-0.2, -0.15) is 0 Å². The molecule has 1 saturated heterocycles. The van der Waals surface area contributed by atoms with Gasteiger partial charge in [0.2, 0.25) is 10.0 Å². The van der Waals surface area contributed by atoms with Crippen molar-refractivity contribution in [3.63, 3.8) is 0 Å². The first-order valence-corrected chi connectivity index (χ1v) is 9.68. The van der Waals surface area contributed by atoms with Crippen molar-refractivity contribution in [2.45, 2.75) is 44.0 Å². The van der Waals surface area contributed by atoms with Crippen molar-refractivity contribution in [2.24, 2.45) is 5.92 Å². The Kier molecular flexibility index (Phi) is 5.67. The van der Waals surface area contributed by atoms with Gasteiger partial charge in [-0.15, -0.1) is 0 Å². The summed E-state index contributed by atoms with van der Waals surface area (Å²) in [6.07, 6.45) is 2.35. The van der Waals surface area contributed by atoms with E-state index >= 15 is 0 Å². The average Bonchev–Trinajstić information content (AvgIpc) is 2.53. The predicted octanol–water partition coefficient (Wildman–Crippen LogP) is 2.17. The Labute approximate surface area is 143 Å². The molecule has 1 heterocycles. The van der Waals surface area contributed by atoms with Crippen molar-refractivity contribution in [2.75, 3.05) is 19.6 Å². The summed E-state index contributed by atoms with van der Waals surface area (Å²) in [5, 5.41) is 8.88. The van der Waals surface area contributed by atoms with Crippen LogP contribution in [0.4, 0.5) is 0 Å². The molecule has 1 fully saturated rings. The normalized spacial score (nSPS) is 20.0. The minimum Gasteiger partial charge on any atom is -0.478 e. The van der Waals surface area contributed by atoms with E-state index in [1.807, 2.05) is 13.8 Å². The van der Waals surface area contributed by atoms with E-state index in [4.69, 9.17) is 5.11 Å². The van der Waals surface area contributed by atoms with Crippen LogP contribution in [0, 0.1) is 5.92 Å². The third kappa shape index (κ3) is 4.55. The maximum Gasteiger partial charge on any atom is 0.335 e. The first kappa shape index (κ1) is 18.9. The van der Waals surface area contributed by atoms with Crippen LogP contribution in [-0.4, -0.2) is 49.6 Å². The van der Waals surface area contributed by atoms with Gasteiger partial charge in [0.05, 0.1) is 10.5 Å². The van der Waals surface area contributed by atoms with Gasteiger partial charge in [0.1, 0.15) is 0 Å². The summed E-state index contributed by atoms with van der Waals surface area (Å²) in [6.45, 7) is 8.57. The smallest absolute Gasteiger partial charge is 0.335 e. The fourth-order valence-electron chi connectivity index (χ4n) is 2.98. The van der Waals surface area contributed by atoms with E-state index in [-0.39, 0.29) is 16.0 Å². The third-order valence-electron chi connectivity index (χ3n) is 4.62. The number of sulfonamides is 1. The largest absolute Gasteiger partial charge is 0.478 e. The SMILES string of the molecule is C[C@@H]1CCCN(C(C)(C)CNS(=O)(=O)c2ccc(C(=O)O)cc2)C1. The molecule has 0 amide bonds. The zero-order chi connectivity index (χ0) is 18.0. The van der Waals surface area contributed by atoms with Gasteiger partial charge < -0.3 is 5.11 Å². The van der Waals surface area contributed by atoms with Gasteiger partial charge in [-0.25, -0.2) is 17.9 Å². The predicted molar refractivity (Wildman–Crippen MR) is 92.6 cm³/mol. The van der Waals surface area contributed by atoms with E-state index < -0.39 is 16.0 Å². The number of hydrogen-bond donors (Lipinski definition) is 2. The van der Waals surface area contributed by atoms with Crippen LogP contribution in [0.2, 0.25) is 0 Å². The summed E-state index contributed by atoms with van der Waals surface area (Å²) in [7, 11) is -3.66. The molecule has 1 aliphatic heterocycles. The van der Waals surface area contributed by atoms with Crippen LogP contribution in [0.3, 0.4) is 0 Å². The van der Waals surface area contributed by atoms with Crippen molar-refractivity contribution < 1.29 is 18.3 Å². The van der Waals surface area contributed by atoms with E-state index in [2.05, 4.69) is 16.5 Å². The molecule has 0 spiro atoms. The Morgan fingerprint density at radius 3 is 2.50 bits per heavy atom. The molecule has 0 saturated carbocycles. The Morgan fingerprint density at radius 2 is 1.96 bits per heavy atom. The molecule has 2 rings (SSSR count). The molecule has 0 unspecified atom stereocenters. The fraction of sp³-hybridized carbons (Fsp3) is 0.588. The van der Waals surface area contributed by atoms with Crippen molar-refractivity contribution in [1.29, 1.82) is 0 Å². The number of aromatic carboxylic acids is 1. The van der Waals surface area contributed by atoms with E-state index in [9.17, 15) is 13.2 Å². The van der Waals surface area contributed by atoms with Gasteiger partial charge in [-0.3, -0.25) is 4.90 Å².